The highest BCUT2D eigenvalue weighted by Crippen LogP contribution is 2.19. The van der Waals surface area contributed by atoms with Gasteiger partial charge in [0, 0.05) is 17.7 Å². The van der Waals surface area contributed by atoms with Crippen LogP contribution in [0.15, 0.2) is 36.4 Å². The van der Waals surface area contributed by atoms with E-state index in [9.17, 15) is 14.4 Å². The van der Waals surface area contributed by atoms with E-state index in [0.29, 0.717) is 11.3 Å². The summed E-state index contributed by atoms with van der Waals surface area (Å²) < 4.78 is 0. The lowest BCUT2D eigenvalue weighted by Gasteiger charge is -2.13. The summed E-state index contributed by atoms with van der Waals surface area (Å²) in [4.78, 5) is 34.0. The summed E-state index contributed by atoms with van der Waals surface area (Å²) in [6, 6.07) is 6.17. The predicted octanol–water partition coefficient (Wildman–Crippen LogP) is 0.574. The number of carbonyl (C=O) groups is 2. The van der Waals surface area contributed by atoms with E-state index in [4.69, 9.17) is 0 Å². The van der Waals surface area contributed by atoms with Crippen LogP contribution in [0.5, 0.6) is 0 Å². The third-order valence-electron chi connectivity index (χ3n) is 2.03. The van der Waals surface area contributed by atoms with Crippen LogP contribution in [0.1, 0.15) is 5.56 Å². The van der Waals surface area contributed by atoms with Crippen molar-refractivity contribution in [3.05, 3.63) is 42.0 Å². The second-order valence-corrected chi connectivity index (χ2v) is 3.00. The van der Waals surface area contributed by atoms with Crippen LogP contribution in [0.25, 0.3) is 0 Å². The van der Waals surface area contributed by atoms with E-state index >= 15 is 0 Å². The van der Waals surface area contributed by atoms with Gasteiger partial charge in [-0.05, 0) is 12.1 Å². The molecule has 1 aliphatic heterocycles. The first-order valence-electron chi connectivity index (χ1n) is 4.27. The summed E-state index contributed by atoms with van der Waals surface area (Å²) >= 11 is 0. The number of hydrogen-bond acceptors (Lipinski definition) is 3. The van der Waals surface area contributed by atoms with Gasteiger partial charge < -0.3 is 0 Å². The first kappa shape index (κ1) is 9.33. The van der Waals surface area contributed by atoms with Gasteiger partial charge in [-0.3, -0.25) is 14.4 Å². The maximum atomic E-state index is 11.3. The van der Waals surface area contributed by atoms with Crippen LogP contribution in [-0.2, 0) is 14.4 Å². The second-order valence-electron chi connectivity index (χ2n) is 3.00. The van der Waals surface area contributed by atoms with Gasteiger partial charge in [-0.15, -0.1) is 0 Å². The van der Waals surface area contributed by atoms with E-state index in [1.807, 2.05) is 0 Å². The van der Waals surface area contributed by atoms with E-state index < -0.39 is 11.8 Å². The molecule has 0 fully saturated rings. The van der Waals surface area contributed by atoms with Crippen LogP contribution in [0.3, 0.4) is 0 Å². The van der Waals surface area contributed by atoms with E-state index in [0.717, 1.165) is 4.90 Å². The van der Waals surface area contributed by atoms with E-state index in [-0.39, 0.29) is 0 Å². The molecule has 0 unspecified atom stereocenters. The van der Waals surface area contributed by atoms with Crippen molar-refractivity contribution >= 4 is 23.8 Å². The third-order valence-corrected chi connectivity index (χ3v) is 2.03. The van der Waals surface area contributed by atoms with Gasteiger partial charge in [-0.25, -0.2) is 4.90 Å². The molecule has 0 N–H and O–H groups in total. The number of hydrogen-bond donors (Lipinski definition) is 0. The summed E-state index contributed by atoms with van der Waals surface area (Å²) in [5.41, 5.74) is 0.691. The fourth-order valence-corrected chi connectivity index (χ4v) is 1.36. The Labute approximate surface area is 85.8 Å². The Morgan fingerprint density at radius 2 is 1.73 bits per heavy atom. The molecule has 0 aliphatic carbocycles. The molecule has 2 rings (SSSR count). The van der Waals surface area contributed by atoms with E-state index in [2.05, 4.69) is 0 Å². The number of anilines is 1. The summed E-state index contributed by atoms with van der Waals surface area (Å²) in [6.07, 6.45) is 4.09. The number of carbonyl (C=O) groups excluding carboxylic acids is 3. The Bertz CT molecular complexity index is 458. The first-order chi connectivity index (χ1) is 7.22. The van der Waals surface area contributed by atoms with Crippen molar-refractivity contribution in [2.75, 3.05) is 4.90 Å². The fraction of sp³-hybridized carbons (Fsp3) is 0. The average molecular weight is 200 g/mol. The normalized spacial score (nSPS) is 14.8. The average Bonchev–Trinajstić information content (AvgIpc) is 2.59. The number of amides is 2. The first-order valence-corrected chi connectivity index (χ1v) is 4.27. The van der Waals surface area contributed by atoms with Crippen molar-refractivity contribution in [1.82, 2.24) is 0 Å². The topological polar surface area (TPSA) is 54.5 Å². The molecule has 1 aromatic carbocycles. The summed E-state index contributed by atoms with van der Waals surface area (Å²) in [5, 5.41) is 0. The van der Waals surface area contributed by atoms with Crippen molar-refractivity contribution in [1.29, 1.82) is 0 Å². The Hall–Kier alpha value is -2.23. The molecule has 0 atom stereocenters. The van der Waals surface area contributed by atoms with Crippen molar-refractivity contribution < 1.29 is 14.4 Å². The van der Waals surface area contributed by atoms with Crippen LogP contribution in [0.4, 0.5) is 5.69 Å². The standard InChI is InChI=1S/C11H6NO3/c13-7-8-2-1-3-9(6-8)12-10(14)4-5-11(12)15/h1-6H. The smallest absolute Gasteiger partial charge is 0.258 e. The number of benzene rings is 1. The molecule has 0 spiro atoms. The molecule has 73 valence electrons. The van der Waals surface area contributed by atoms with Crippen molar-refractivity contribution in [2.45, 2.75) is 0 Å². The highest BCUT2D eigenvalue weighted by Gasteiger charge is 2.24. The molecule has 2 amide bonds. The predicted molar refractivity (Wildman–Crippen MR) is 52.9 cm³/mol. The molecule has 0 aromatic heterocycles. The molecule has 1 aromatic rings. The molecule has 4 heteroatoms. The van der Waals surface area contributed by atoms with E-state index in [1.54, 1.807) is 24.5 Å². The van der Waals surface area contributed by atoms with Crippen LogP contribution in [-0.4, -0.2) is 18.1 Å². The Kier molecular flexibility index (Phi) is 2.17. The monoisotopic (exact) mass is 200 g/mol. The third kappa shape index (κ3) is 1.57. The van der Waals surface area contributed by atoms with Crippen molar-refractivity contribution in [2.24, 2.45) is 0 Å². The quantitative estimate of drug-likeness (QED) is 0.656. The lowest BCUT2D eigenvalue weighted by Crippen LogP contribution is -2.29. The molecule has 1 aliphatic rings. The van der Waals surface area contributed by atoms with E-state index in [1.165, 1.54) is 18.2 Å². The van der Waals surface area contributed by atoms with Gasteiger partial charge in [0.2, 0.25) is 6.29 Å². The van der Waals surface area contributed by atoms with Gasteiger partial charge in [-0.2, -0.15) is 0 Å². The van der Waals surface area contributed by atoms with Crippen LogP contribution >= 0.6 is 0 Å². The highest BCUT2D eigenvalue weighted by molar-refractivity contribution is 6.28. The minimum atomic E-state index is -0.400. The van der Waals surface area contributed by atoms with Gasteiger partial charge in [0.15, 0.2) is 0 Å². The molecule has 0 bridgehead atoms. The number of nitrogens with zero attached hydrogens (tertiary/aromatic N) is 1. The van der Waals surface area contributed by atoms with Gasteiger partial charge in [0.1, 0.15) is 0 Å². The molecule has 4 nitrogen and oxygen atoms in total. The summed E-state index contributed by atoms with van der Waals surface area (Å²) in [7, 11) is 0. The molecule has 0 saturated heterocycles. The lowest BCUT2D eigenvalue weighted by molar-refractivity contribution is -0.119. The Morgan fingerprint density at radius 3 is 2.33 bits per heavy atom. The van der Waals surface area contributed by atoms with Gasteiger partial charge in [0.05, 0.1) is 5.69 Å². The van der Waals surface area contributed by atoms with Crippen LogP contribution in [0, 0.1) is 0 Å². The maximum absolute atomic E-state index is 11.3. The molecular weight excluding hydrogens is 194 g/mol. The lowest BCUT2D eigenvalue weighted by atomic mass is 10.2. The van der Waals surface area contributed by atoms with Crippen molar-refractivity contribution in [3.63, 3.8) is 0 Å². The minimum Gasteiger partial charge on any atom is -0.285 e. The minimum absolute atomic E-state index is 0.306. The molecule has 1 radical (unpaired) electrons. The molecule has 1 heterocycles. The largest absolute Gasteiger partial charge is 0.285 e. The molecule has 0 saturated carbocycles. The Morgan fingerprint density at radius 1 is 1.07 bits per heavy atom. The molecule has 15 heavy (non-hydrogen) atoms. The highest BCUT2D eigenvalue weighted by atomic mass is 16.2. The van der Waals surface area contributed by atoms with Gasteiger partial charge in [0.25, 0.3) is 11.8 Å². The summed E-state index contributed by atoms with van der Waals surface area (Å²) in [6.45, 7) is 0. The zero-order valence-electron chi connectivity index (χ0n) is 7.64. The van der Waals surface area contributed by atoms with Crippen molar-refractivity contribution in [3.8, 4) is 0 Å². The van der Waals surface area contributed by atoms with Crippen LogP contribution in [0.2, 0.25) is 0 Å². The number of rotatable bonds is 2. The zero-order chi connectivity index (χ0) is 10.8. The fourth-order valence-electron chi connectivity index (χ4n) is 1.36. The van der Waals surface area contributed by atoms with Crippen LogP contribution < -0.4 is 4.90 Å². The maximum Gasteiger partial charge on any atom is 0.258 e. The second kappa shape index (κ2) is 3.49. The molecular formula is C11H6NO3. The van der Waals surface area contributed by atoms with Gasteiger partial charge >= 0.3 is 0 Å². The zero-order valence-corrected chi connectivity index (χ0v) is 7.64. The summed E-state index contributed by atoms with van der Waals surface area (Å²) in [5.74, 6) is -0.800. The number of imide groups is 1. The Balaban J connectivity index is 2.41. The van der Waals surface area contributed by atoms with Gasteiger partial charge in [-0.1, -0.05) is 12.1 Å². The SMILES string of the molecule is O=[C]c1cccc(N2C(=O)C=CC2=O)c1.